The predicted octanol–water partition coefficient (Wildman–Crippen LogP) is 3.27. The summed E-state index contributed by atoms with van der Waals surface area (Å²) in [6.45, 7) is 5.01. The zero-order valence-corrected chi connectivity index (χ0v) is 11.6. The fraction of sp³-hybridized carbons (Fsp3) is 0.538. The molecule has 0 atom stereocenters. The lowest BCUT2D eigenvalue weighted by atomic mass is 10.1. The normalized spacial score (nSPS) is 10.7. The quantitative estimate of drug-likeness (QED) is 0.777. The van der Waals surface area contributed by atoms with Crippen molar-refractivity contribution in [1.29, 1.82) is 0 Å². The summed E-state index contributed by atoms with van der Waals surface area (Å²) in [6.07, 6.45) is 2.30. The van der Waals surface area contributed by atoms with Gasteiger partial charge in [0.25, 0.3) is 0 Å². The Morgan fingerprint density at radius 2 is 2.12 bits per heavy atom. The fourth-order valence-electron chi connectivity index (χ4n) is 1.58. The van der Waals surface area contributed by atoms with Gasteiger partial charge in [-0.15, -0.1) is 0 Å². The second kappa shape index (κ2) is 7.82. The van der Waals surface area contributed by atoms with Gasteiger partial charge in [-0.25, -0.2) is 0 Å². The molecular weight excluding hydrogens is 266 g/mol. The van der Waals surface area contributed by atoms with Crippen molar-refractivity contribution in [3.05, 3.63) is 33.8 Å². The van der Waals surface area contributed by atoms with Gasteiger partial charge in [0.05, 0.1) is 0 Å². The van der Waals surface area contributed by atoms with Gasteiger partial charge in [0.15, 0.2) is 0 Å². The van der Waals surface area contributed by atoms with Crippen LogP contribution in [0.25, 0.3) is 0 Å². The minimum atomic E-state index is 0.860. The molecule has 1 aromatic carbocycles. The molecule has 0 radical (unpaired) electrons. The van der Waals surface area contributed by atoms with Gasteiger partial charge >= 0.3 is 0 Å². The van der Waals surface area contributed by atoms with Crippen LogP contribution < -0.4 is 5.32 Å². The van der Waals surface area contributed by atoms with Crippen molar-refractivity contribution in [2.45, 2.75) is 26.3 Å². The molecule has 3 heteroatoms. The van der Waals surface area contributed by atoms with Crippen LogP contribution >= 0.6 is 15.9 Å². The fourth-order valence-corrected chi connectivity index (χ4v) is 2.05. The second-order valence-corrected chi connectivity index (χ2v) is 4.86. The monoisotopic (exact) mass is 285 g/mol. The third-order valence-corrected chi connectivity index (χ3v) is 3.07. The van der Waals surface area contributed by atoms with Crippen molar-refractivity contribution in [2.75, 3.05) is 20.3 Å². The molecule has 90 valence electrons. The van der Waals surface area contributed by atoms with Gasteiger partial charge in [-0.05, 0) is 49.6 Å². The molecule has 0 saturated carbocycles. The van der Waals surface area contributed by atoms with Crippen LogP contribution in [0.5, 0.6) is 0 Å². The Kier molecular flexibility index (Phi) is 6.69. The van der Waals surface area contributed by atoms with Crippen molar-refractivity contribution in [1.82, 2.24) is 5.32 Å². The van der Waals surface area contributed by atoms with Crippen LogP contribution in [0.3, 0.4) is 0 Å². The molecule has 2 nitrogen and oxygen atoms in total. The summed E-state index contributed by atoms with van der Waals surface area (Å²) < 4.78 is 6.15. The second-order valence-electron chi connectivity index (χ2n) is 3.95. The van der Waals surface area contributed by atoms with E-state index in [-0.39, 0.29) is 0 Å². The van der Waals surface area contributed by atoms with E-state index in [4.69, 9.17) is 4.74 Å². The first kappa shape index (κ1) is 13.7. The minimum absolute atomic E-state index is 0.860. The Labute approximate surface area is 107 Å². The SMILES string of the molecule is COCCCCNCc1ccc(Br)cc1C. The molecule has 16 heavy (non-hydrogen) atoms. The van der Waals surface area contributed by atoms with E-state index in [1.54, 1.807) is 7.11 Å². The van der Waals surface area contributed by atoms with E-state index in [2.05, 4.69) is 46.4 Å². The van der Waals surface area contributed by atoms with Crippen LogP contribution in [0.15, 0.2) is 22.7 Å². The number of rotatable bonds is 7. The molecule has 1 rings (SSSR count). The molecular formula is C13H20BrNO. The lowest BCUT2D eigenvalue weighted by Gasteiger charge is -2.08. The number of hydrogen-bond donors (Lipinski definition) is 1. The van der Waals surface area contributed by atoms with E-state index in [9.17, 15) is 0 Å². The molecule has 0 aliphatic heterocycles. The Hall–Kier alpha value is -0.380. The highest BCUT2D eigenvalue weighted by atomic mass is 79.9. The van der Waals surface area contributed by atoms with Crippen LogP contribution in [0.1, 0.15) is 24.0 Å². The summed E-state index contributed by atoms with van der Waals surface area (Å²) in [5.74, 6) is 0. The number of aryl methyl sites for hydroxylation is 1. The number of methoxy groups -OCH3 is 1. The van der Waals surface area contributed by atoms with Crippen molar-refractivity contribution in [2.24, 2.45) is 0 Å². The van der Waals surface area contributed by atoms with E-state index >= 15 is 0 Å². The third-order valence-electron chi connectivity index (χ3n) is 2.57. The molecule has 0 heterocycles. The molecule has 0 aromatic heterocycles. The zero-order valence-electron chi connectivity index (χ0n) is 10.1. The first-order chi connectivity index (χ1) is 7.74. The lowest BCUT2D eigenvalue weighted by Crippen LogP contribution is -2.15. The summed E-state index contributed by atoms with van der Waals surface area (Å²) in [7, 11) is 1.75. The van der Waals surface area contributed by atoms with Crippen molar-refractivity contribution < 1.29 is 4.74 Å². The topological polar surface area (TPSA) is 21.3 Å². The van der Waals surface area contributed by atoms with E-state index in [1.165, 1.54) is 17.5 Å². The average Bonchev–Trinajstić information content (AvgIpc) is 2.26. The summed E-state index contributed by atoms with van der Waals surface area (Å²) in [5.41, 5.74) is 2.70. The smallest absolute Gasteiger partial charge is 0.0462 e. The number of ether oxygens (including phenoxy) is 1. The molecule has 1 aromatic rings. The molecule has 0 amide bonds. The van der Waals surface area contributed by atoms with Gasteiger partial charge in [0, 0.05) is 24.7 Å². The predicted molar refractivity (Wildman–Crippen MR) is 71.7 cm³/mol. The van der Waals surface area contributed by atoms with E-state index < -0.39 is 0 Å². The zero-order chi connectivity index (χ0) is 11.8. The Morgan fingerprint density at radius 3 is 2.81 bits per heavy atom. The van der Waals surface area contributed by atoms with Crippen molar-refractivity contribution in [3.8, 4) is 0 Å². The molecule has 1 N–H and O–H groups in total. The highest BCUT2D eigenvalue weighted by Crippen LogP contribution is 2.15. The van der Waals surface area contributed by atoms with Crippen LogP contribution in [-0.2, 0) is 11.3 Å². The van der Waals surface area contributed by atoms with E-state index in [0.29, 0.717) is 0 Å². The third kappa shape index (κ3) is 5.10. The summed E-state index contributed by atoms with van der Waals surface area (Å²) in [6, 6.07) is 6.42. The Morgan fingerprint density at radius 1 is 1.31 bits per heavy atom. The van der Waals surface area contributed by atoms with E-state index in [0.717, 1.165) is 30.6 Å². The molecule has 0 spiro atoms. The van der Waals surface area contributed by atoms with Gasteiger partial charge in [-0.1, -0.05) is 22.0 Å². The summed E-state index contributed by atoms with van der Waals surface area (Å²) >= 11 is 3.47. The first-order valence-corrected chi connectivity index (χ1v) is 6.48. The summed E-state index contributed by atoms with van der Waals surface area (Å²) in [5, 5.41) is 3.45. The first-order valence-electron chi connectivity index (χ1n) is 5.68. The lowest BCUT2D eigenvalue weighted by molar-refractivity contribution is 0.192. The maximum atomic E-state index is 5.01. The van der Waals surface area contributed by atoms with Crippen LogP contribution in [0.4, 0.5) is 0 Å². The number of halogens is 1. The Balaban J connectivity index is 2.21. The highest BCUT2D eigenvalue weighted by Gasteiger charge is 1.98. The largest absolute Gasteiger partial charge is 0.385 e. The maximum absolute atomic E-state index is 5.01. The van der Waals surface area contributed by atoms with Gasteiger partial charge in [0.2, 0.25) is 0 Å². The maximum Gasteiger partial charge on any atom is 0.0462 e. The van der Waals surface area contributed by atoms with Crippen LogP contribution in [0.2, 0.25) is 0 Å². The van der Waals surface area contributed by atoms with Gasteiger partial charge in [-0.2, -0.15) is 0 Å². The van der Waals surface area contributed by atoms with Gasteiger partial charge in [-0.3, -0.25) is 0 Å². The number of unbranched alkanes of at least 4 members (excludes halogenated alkanes) is 1. The highest BCUT2D eigenvalue weighted by molar-refractivity contribution is 9.10. The van der Waals surface area contributed by atoms with Crippen molar-refractivity contribution in [3.63, 3.8) is 0 Å². The standard InChI is InChI=1S/C13H20BrNO/c1-11-9-13(14)6-5-12(11)10-15-7-3-4-8-16-2/h5-6,9,15H,3-4,7-8,10H2,1-2H3. The molecule has 0 unspecified atom stereocenters. The summed E-state index contributed by atoms with van der Waals surface area (Å²) in [4.78, 5) is 0. The van der Waals surface area contributed by atoms with Crippen LogP contribution in [0, 0.1) is 6.92 Å². The van der Waals surface area contributed by atoms with E-state index in [1.807, 2.05) is 0 Å². The number of hydrogen-bond acceptors (Lipinski definition) is 2. The molecule has 0 fully saturated rings. The average molecular weight is 286 g/mol. The molecule has 0 saturated heterocycles. The molecule has 0 aliphatic rings. The molecule has 0 bridgehead atoms. The number of nitrogens with one attached hydrogen (secondary N) is 1. The number of benzene rings is 1. The van der Waals surface area contributed by atoms with Gasteiger partial charge < -0.3 is 10.1 Å². The minimum Gasteiger partial charge on any atom is -0.385 e. The Bertz CT molecular complexity index is 315. The van der Waals surface area contributed by atoms with Crippen molar-refractivity contribution >= 4 is 15.9 Å². The van der Waals surface area contributed by atoms with Gasteiger partial charge in [0.1, 0.15) is 0 Å². The van der Waals surface area contributed by atoms with Crippen LogP contribution in [-0.4, -0.2) is 20.3 Å². The molecule has 0 aliphatic carbocycles.